The SMILES string of the molecule is Cn1nc(N)c2c(Cl)ccc(-c3ccc(C#CC4CCCNC4)nc3[C@H](Cc3cc(F)cc(F)c3)NC(=O)Cn3nc(C(F)(F)F)c4c3C(F)(F)[C@@H]3C[C@H]43)c21. The second kappa shape index (κ2) is 13.6. The molecule has 5 aromatic rings. The number of amides is 1. The minimum atomic E-state index is -5.03. The molecule has 4 heterocycles. The van der Waals surface area contributed by atoms with Crippen molar-refractivity contribution in [2.24, 2.45) is 18.9 Å². The molecule has 1 saturated carbocycles. The van der Waals surface area contributed by atoms with Gasteiger partial charge in [-0.2, -0.15) is 32.1 Å². The molecule has 1 aliphatic heterocycles. The summed E-state index contributed by atoms with van der Waals surface area (Å²) in [4.78, 5) is 18.8. The van der Waals surface area contributed by atoms with E-state index in [4.69, 9.17) is 22.3 Å². The highest BCUT2D eigenvalue weighted by Gasteiger charge is 2.68. The minimum Gasteiger partial charge on any atom is -0.382 e. The molecule has 3 aromatic heterocycles. The van der Waals surface area contributed by atoms with Gasteiger partial charge in [0.15, 0.2) is 11.5 Å². The molecule has 1 unspecified atom stereocenters. The third kappa shape index (κ3) is 6.77. The number of hydrogen-bond acceptors (Lipinski definition) is 6. The number of alkyl halides is 5. The number of aromatic nitrogens is 5. The number of anilines is 1. The summed E-state index contributed by atoms with van der Waals surface area (Å²) in [6.45, 7) is 0.553. The van der Waals surface area contributed by atoms with Crippen molar-refractivity contribution in [3.05, 3.63) is 93.0 Å². The maximum absolute atomic E-state index is 15.4. The molecule has 8 rings (SSSR count). The summed E-state index contributed by atoms with van der Waals surface area (Å²) in [7, 11) is 1.65. The zero-order chi connectivity index (χ0) is 39.0. The Kier molecular flexibility index (Phi) is 9.07. The number of halogens is 8. The number of carbonyl (C=O) groups excluding carboxylic acids is 1. The number of rotatable bonds is 7. The Morgan fingerprint density at radius 2 is 1.87 bits per heavy atom. The number of piperidine rings is 1. The number of carbonyl (C=O) groups is 1. The Morgan fingerprint density at radius 3 is 2.58 bits per heavy atom. The van der Waals surface area contributed by atoms with Gasteiger partial charge in [-0.25, -0.2) is 13.8 Å². The summed E-state index contributed by atoms with van der Waals surface area (Å²) >= 11 is 6.53. The number of nitrogens with zero attached hydrogens (tertiary/aromatic N) is 5. The van der Waals surface area contributed by atoms with Gasteiger partial charge in [-0.1, -0.05) is 23.6 Å². The van der Waals surface area contributed by atoms with E-state index in [9.17, 15) is 26.7 Å². The van der Waals surface area contributed by atoms with Crippen molar-refractivity contribution < 1.29 is 35.5 Å². The normalized spacial score (nSPS) is 20.4. The lowest BCUT2D eigenvalue weighted by molar-refractivity contribution is -0.142. The summed E-state index contributed by atoms with van der Waals surface area (Å²) in [5.74, 6) is -2.24. The zero-order valence-corrected chi connectivity index (χ0v) is 29.8. The molecule has 9 nitrogen and oxygen atoms in total. The van der Waals surface area contributed by atoms with Crippen molar-refractivity contribution in [1.82, 2.24) is 35.2 Å². The topological polar surface area (TPSA) is 116 Å². The van der Waals surface area contributed by atoms with Gasteiger partial charge in [0.05, 0.1) is 27.7 Å². The number of nitrogens with one attached hydrogen (secondary N) is 2. The number of nitrogen functional groups attached to an aromatic ring is 1. The van der Waals surface area contributed by atoms with E-state index in [0.717, 1.165) is 31.5 Å². The van der Waals surface area contributed by atoms with Gasteiger partial charge in [-0.15, -0.1) is 0 Å². The Labute approximate surface area is 314 Å². The smallest absolute Gasteiger partial charge is 0.382 e. The van der Waals surface area contributed by atoms with Crippen molar-refractivity contribution in [2.75, 3.05) is 18.8 Å². The lowest BCUT2D eigenvalue weighted by Gasteiger charge is -2.23. The fourth-order valence-electron chi connectivity index (χ4n) is 7.96. The molecule has 3 aliphatic rings. The average Bonchev–Trinajstić information content (AvgIpc) is 3.67. The average molecular weight is 785 g/mol. The van der Waals surface area contributed by atoms with Crippen LogP contribution in [-0.2, 0) is 36.9 Å². The lowest BCUT2D eigenvalue weighted by Crippen LogP contribution is -2.35. The van der Waals surface area contributed by atoms with E-state index in [-0.39, 0.29) is 35.8 Å². The standard InChI is InChI=1S/C38H32ClF7N8O/c1-53-33-24(8-9-27(39)31(33)36(47)52-53)23-7-6-22(5-4-18-3-2-10-48-16-18)49-32(23)28(13-19-11-20(40)14-21(41)12-19)50-29(55)17-54-35-30(34(51-54)38(44,45)46)25-15-26(25)37(35,42)43/h6-9,11-12,14,18,25-26,28,48H,2-3,10,13,15-17H2,1H3,(H2,47,52)(H,50,55)/t18?,25-,26+,28-/m0/s1. The molecule has 2 aromatic carbocycles. The van der Waals surface area contributed by atoms with Crippen LogP contribution in [0.4, 0.5) is 36.6 Å². The summed E-state index contributed by atoms with van der Waals surface area (Å²) in [5.41, 5.74) is 5.18. The number of nitrogens with two attached hydrogens (primary N) is 1. The highest BCUT2D eigenvalue weighted by Crippen LogP contribution is 2.68. The number of fused-ring (bicyclic) bond motifs is 4. The van der Waals surface area contributed by atoms with Crippen LogP contribution in [0.2, 0.25) is 5.02 Å². The number of aryl methyl sites for hydroxylation is 1. The predicted molar refractivity (Wildman–Crippen MR) is 189 cm³/mol. The molecule has 1 saturated heterocycles. The molecule has 55 heavy (non-hydrogen) atoms. The maximum Gasteiger partial charge on any atom is 0.435 e. The summed E-state index contributed by atoms with van der Waals surface area (Å²) in [6.07, 6.45) is -3.62. The van der Waals surface area contributed by atoms with E-state index >= 15 is 8.78 Å². The third-order valence-electron chi connectivity index (χ3n) is 10.4. The number of hydrogen-bond donors (Lipinski definition) is 3. The van der Waals surface area contributed by atoms with Gasteiger partial charge >= 0.3 is 6.18 Å². The van der Waals surface area contributed by atoms with Gasteiger partial charge in [0.25, 0.3) is 5.92 Å². The van der Waals surface area contributed by atoms with Crippen LogP contribution in [0.1, 0.15) is 65.1 Å². The molecule has 17 heteroatoms. The molecule has 4 N–H and O–H groups in total. The fraction of sp³-hybridized carbons (Fsp3) is 0.368. The van der Waals surface area contributed by atoms with Gasteiger partial charge in [-0.05, 0) is 80.0 Å². The highest BCUT2D eigenvalue weighted by molar-refractivity contribution is 6.37. The van der Waals surface area contributed by atoms with Crippen LogP contribution in [-0.4, -0.2) is 43.5 Å². The van der Waals surface area contributed by atoms with Crippen LogP contribution >= 0.6 is 11.6 Å². The van der Waals surface area contributed by atoms with Crippen molar-refractivity contribution in [3.8, 4) is 23.0 Å². The van der Waals surface area contributed by atoms with Gasteiger partial charge in [0, 0.05) is 48.2 Å². The fourth-order valence-corrected chi connectivity index (χ4v) is 8.21. The highest BCUT2D eigenvalue weighted by atomic mass is 35.5. The first kappa shape index (κ1) is 36.8. The Hall–Kier alpha value is -5.14. The number of pyridine rings is 1. The van der Waals surface area contributed by atoms with Crippen molar-refractivity contribution >= 4 is 34.2 Å². The van der Waals surface area contributed by atoms with Crippen LogP contribution < -0.4 is 16.4 Å². The molecular formula is C38H32ClF7N8O. The lowest BCUT2D eigenvalue weighted by atomic mass is 9.93. The molecule has 2 fully saturated rings. The van der Waals surface area contributed by atoms with Crippen LogP contribution in [0, 0.1) is 35.3 Å². The molecule has 4 atom stereocenters. The molecular weight excluding hydrogens is 753 g/mol. The Morgan fingerprint density at radius 1 is 1.13 bits per heavy atom. The third-order valence-corrected chi connectivity index (χ3v) is 10.7. The van der Waals surface area contributed by atoms with Gasteiger partial charge in [-0.3, -0.25) is 14.2 Å². The van der Waals surface area contributed by atoms with E-state index in [1.807, 2.05) is 0 Å². The van der Waals surface area contributed by atoms with Gasteiger partial charge in [0.2, 0.25) is 5.91 Å². The molecule has 0 bridgehead atoms. The van der Waals surface area contributed by atoms with Gasteiger partial charge < -0.3 is 16.4 Å². The summed E-state index contributed by atoms with van der Waals surface area (Å²) < 4.78 is 104. The van der Waals surface area contributed by atoms with E-state index in [0.29, 0.717) is 50.0 Å². The first-order valence-electron chi connectivity index (χ1n) is 17.5. The first-order chi connectivity index (χ1) is 26.1. The van der Waals surface area contributed by atoms with E-state index < -0.39 is 71.0 Å². The van der Waals surface area contributed by atoms with Crippen molar-refractivity contribution in [1.29, 1.82) is 0 Å². The summed E-state index contributed by atoms with van der Waals surface area (Å²) in [6, 6.07) is 8.22. The van der Waals surface area contributed by atoms with Crippen molar-refractivity contribution in [3.63, 3.8) is 0 Å². The number of benzene rings is 2. The molecule has 0 spiro atoms. The summed E-state index contributed by atoms with van der Waals surface area (Å²) in [5, 5.41) is 14.6. The Balaban J connectivity index is 1.25. The largest absolute Gasteiger partial charge is 0.435 e. The monoisotopic (exact) mass is 784 g/mol. The van der Waals surface area contributed by atoms with Gasteiger partial charge in [0.1, 0.15) is 29.6 Å². The second-order valence-corrected chi connectivity index (χ2v) is 14.6. The molecule has 0 radical (unpaired) electrons. The molecule has 2 aliphatic carbocycles. The van der Waals surface area contributed by atoms with E-state index in [1.54, 1.807) is 31.3 Å². The van der Waals surface area contributed by atoms with Crippen LogP contribution in [0.3, 0.4) is 0 Å². The molecule has 1 amide bonds. The minimum absolute atomic E-state index is 0.0410. The molecule has 286 valence electrons. The Bertz CT molecular complexity index is 2400. The van der Waals surface area contributed by atoms with E-state index in [1.165, 1.54) is 4.68 Å². The second-order valence-electron chi connectivity index (χ2n) is 14.2. The van der Waals surface area contributed by atoms with Crippen LogP contribution in [0.15, 0.2) is 42.5 Å². The van der Waals surface area contributed by atoms with Crippen molar-refractivity contribution in [2.45, 2.75) is 56.3 Å². The maximum atomic E-state index is 15.4. The zero-order valence-electron chi connectivity index (χ0n) is 29.0. The van der Waals surface area contributed by atoms with Crippen LogP contribution in [0.25, 0.3) is 22.0 Å². The quantitative estimate of drug-likeness (QED) is 0.121. The van der Waals surface area contributed by atoms with E-state index in [2.05, 4.69) is 32.7 Å². The predicted octanol–water partition coefficient (Wildman–Crippen LogP) is 7.02. The first-order valence-corrected chi connectivity index (χ1v) is 17.9. The van der Waals surface area contributed by atoms with Crippen LogP contribution in [0.5, 0.6) is 0 Å².